The number of hydrogen-bond donors (Lipinski definition) is 1. The van der Waals surface area contributed by atoms with Crippen molar-refractivity contribution >= 4 is 5.97 Å². The van der Waals surface area contributed by atoms with Crippen LogP contribution in [-0.2, 0) is 9.53 Å². The van der Waals surface area contributed by atoms with E-state index < -0.39 is 12.0 Å². The maximum absolute atomic E-state index is 12.6. The summed E-state index contributed by atoms with van der Waals surface area (Å²) in [6, 6.07) is 10.5. The number of carbonyl (C=O) groups excluding carboxylic acids is 1. The number of ether oxygens (including phenoxy) is 1. The summed E-state index contributed by atoms with van der Waals surface area (Å²) in [4.78, 5) is 15.0. The zero-order valence-electron chi connectivity index (χ0n) is 13.3. The van der Waals surface area contributed by atoms with E-state index in [-0.39, 0.29) is 12.1 Å². The van der Waals surface area contributed by atoms with Crippen LogP contribution in [0.25, 0.3) is 0 Å². The molecule has 2 saturated heterocycles. The number of esters is 1. The van der Waals surface area contributed by atoms with Gasteiger partial charge in [-0.1, -0.05) is 30.3 Å². The van der Waals surface area contributed by atoms with Gasteiger partial charge in [0.05, 0.1) is 6.10 Å². The molecule has 1 N–H and O–H groups in total. The smallest absolute Gasteiger partial charge is 0.316 e. The monoisotopic (exact) mass is 303 g/mol. The number of aliphatic hydroxyl groups is 1. The Bertz CT molecular complexity index is 502. The van der Waals surface area contributed by atoms with E-state index in [1.165, 1.54) is 12.8 Å². The van der Waals surface area contributed by atoms with Gasteiger partial charge in [0.1, 0.15) is 12.0 Å². The number of fused-ring (bicyclic) bond motifs is 2. The molecule has 1 aromatic carbocycles. The molecule has 3 unspecified atom stereocenters. The first-order valence-corrected chi connectivity index (χ1v) is 8.21. The molecule has 2 bridgehead atoms. The van der Waals surface area contributed by atoms with Crippen LogP contribution in [0, 0.1) is 0 Å². The maximum atomic E-state index is 12.6. The quantitative estimate of drug-likeness (QED) is 0.867. The van der Waals surface area contributed by atoms with Crippen LogP contribution < -0.4 is 0 Å². The summed E-state index contributed by atoms with van der Waals surface area (Å²) in [6.45, 7) is 1.65. The van der Waals surface area contributed by atoms with E-state index in [9.17, 15) is 9.90 Å². The zero-order valence-corrected chi connectivity index (χ0v) is 13.3. The minimum Gasteiger partial charge on any atom is -0.462 e. The van der Waals surface area contributed by atoms with Gasteiger partial charge in [-0.05, 0) is 45.2 Å². The minimum absolute atomic E-state index is 0.00818. The van der Waals surface area contributed by atoms with Crippen molar-refractivity contribution in [3.63, 3.8) is 0 Å². The number of hydrogen-bond acceptors (Lipinski definition) is 4. The van der Waals surface area contributed by atoms with Crippen LogP contribution >= 0.6 is 0 Å². The summed E-state index contributed by atoms with van der Waals surface area (Å²) >= 11 is 0. The molecule has 5 atom stereocenters. The number of aliphatic hydroxyl groups excluding tert-OH is 1. The molecule has 4 heteroatoms. The van der Waals surface area contributed by atoms with Crippen molar-refractivity contribution in [3.05, 3.63) is 35.9 Å². The summed E-state index contributed by atoms with van der Waals surface area (Å²) in [5.74, 6) is -0.895. The lowest BCUT2D eigenvalue weighted by atomic mass is 9.94. The van der Waals surface area contributed by atoms with Gasteiger partial charge in [-0.25, -0.2) is 0 Å². The van der Waals surface area contributed by atoms with Crippen molar-refractivity contribution in [3.8, 4) is 0 Å². The molecule has 22 heavy (non-hydrogen) atoms. The molecule has 3 rings (SSSR count). The normalized spacial score (nSPS) is 30.8. The average molecular weight is 303 g/mol. The van der Waals surface area contributed by atoms with Gasteiger partial charge in [0.2, 0.25) is 0 Å². The van der Waals surface area contributed by atoms with E-state index in [1.54, 1.807) is 6.92 Å². The molecule has 0 spiro atoms. The molecule has 2 aliphatic rings. The molecule has 2 aliphatic heterocycles. The first-order valence-electron chi connectivity index (χ1n) is 8.21. The predicted molar refractivity (Wildman–Crippen MR) is 84.6 cm³/mol. The Hall–Kier alpha value is -1.39. The second-order valence-electron chi connectivity index (χ2n) is 6.71. The Labute approximate surface area is 132 Å². The van der Waals surface area contributed by atoms with E-state index in [0.29, 0.717) is 12.1 Å². The minimum atomic E-state index is -0.752. The lowest BCUT2D eigenvalue weighted by molar-refractivity contribution is -0.156. The Balaban J connectivity index is 1.68. The third-order valence-corrected chi connectivity index (χ3v) is 5.23. The number of benzene rings is 1. The zero-order chi connectivity index (χ0) is 15.7. The standard InChI is InChI=1S/C18H25NO3/c1-12(20)17(13-6-4-3-5-7-13)18(21)22-16-10-14-8-9-15(11-16)19(14)2/h3-7,12,14-17,20H,8-11H2,1-2H3/t12?,14-,15?,16-,17?/m1/s1. The van der Waals surface area contributed by atoms with Crippen LogP contribution in [-0.4, -0.2) is 47.3 Å². The van der Waals surface area contributed by atoms with Gasteiger partial charge in [0.25, 0.3) is 0 Å². The fraction of sp³-hybridized carbons (Fsp3) is 0.611. The summed E-state index contributed by atoms with van der Waals surface area (Å²) in [5, 5.41) is 10.0. The molecule has 0 saturated carbocycles. The summed E-state index contributed by atoms with van der Waals surface area (Å²) in [6.07, 6.45) is 3.48. The molecule has 2 fully saturated rings. The highest BCUT2D eigenvalue weighted by Crippen LogP contribution is 2.36. The van der Waals surface area contributed by atoms with Crippen molar-refractivity contribution in [2.75, 3.05) is 7.05 Å². The Morgan fingerprint density at radius 2 is 1.82 bits per heavy atom. The van der Waals surface area contributed by atoms with Gasteiger partial charge >= 0.3 is 5.97 Å². The van der Waals surface area contributed by atoms with Gasteiger partial charge in [-0.2, -0.15) is 0 Å². The number of carbonyl (C=O) groups is 1. The highest BCUT2D eigenvalue weighted by Gasteiger charge is 2.40. The van der Waals surface area contributed by atoms with E-state index >= 15 is 0 Å². The molecule has 2 heterocycles. The molecular weight excluding hydrogens is 278 g/mol. The Kier molecular flexibility index (Phi) is 4.50. The lowest BCUT2D eigenvalue weighted by Crippen LogP contribution is -2.44. The van der Waals surface area contributed by atoms with E-state index in [2.05, 4.69) is 11.9 Å². The second kappa shape index (κ2) is 6.39. The van der Waals surface area contributed by atoms with Crippen LogP contribution in [0.5, 0.6) is 0 Å². The molecular formula is C18H25NO3. The number of rotatable bonds is 4. The Morgan fingerprint density at radius 3 is 2.36 bits per heavy atom. The highest BCUT2D eigenvalue weighted by molar-refractivity contribution is 5.79. The van der Waals surface area contributed by atoms with E-state index in [0.717, 1.165) is 18.4 Å². The van der Waals surface area contributed by atoms with Gasteiger partial charge in [-0.3, -0.25) is 4.79 Å². The summed E-state index contributed by atoms with van der Waals surface area (Å²) in [5.41, 5.74) is 0.818. The first kappa shape index (κ1) is 15.5. The van der Waals surface area contributed by atoms with Crippen LogP contribution in [0.3, 0.4) is 0 Å². The maximum Gasteiger partial charge on any atom is 0.316 e. The average Bonchev–Trinajstić information content (AvgIpc) is 2.71. The van der Waals surface area contributed by atoms with Crippen LogP contribution in [0.15, 0.2) is 30.3 Å². The van der Waals surface area contributed by atoms with Crippen molar-refractivity contribution < 1.29 is 14.6 Å². The SMILES string of the molecule is CC(O)C(C(=O)O[C@H]1CC2CC[C@H](C1)N2C)c1ccccc1. The molecule has 0 aliphatic carbocycles. The van der Waals surface area contributed by atoms with Crippen LogP contribution in [0.2, 0.25) is 0 Å². The topological polar surface area (TPSA) is 49.8 Å². The van der Waals surface area contributed by atoms with Crippen LogP contribution in [0.1, 0.15) is 44.1 Å². The highest BCUT2D eigenvalue weighted by atomic mass is 16.5. The van der Waals surface area contributed by atoms with E-state index in [4.69, 9.17) is 4.74 Å². The lowest BCUT2D eigenvalue weighted by Gasteiger charge is -2.36. The number of nitrogens with zero attached hydrogens (tertiary/aromatic N) is 1. The fourth-order valence-corrected chi connectivity index (χ4v) is 3.97. The molecule has 120 valence electrons. The summed E-state index contributed by atoms with van der Waals surface area (Å²) < 4.78 is 5.77. The Morgan fingerprint density at radius 1 is 1.23 bits per heavy atom. The fourth-order valence-electron chi connectivity index (χ4n) is 3.97. The first-order chi connectivity index (χ1) is 10.6. The van der Waals surface area contributed by atoms with Gasteiger partial charge in [-0.15, -0.1) is 0 Å². The third-order valence-electron chi connectivity index (χ3n) is 5.23. The van der Waals surface area contributed by atoms with E-state index in [1.807, 2.05) is 30.3 Å². The molecule has 0 amide bonds. The third kappa shape index (κ3) is 3.03. The van der Waals surface area contributed by atoms with Crippen molar-refractivity contribution in [2.24, 2.45) is 0 Å². The van der Waals surface area contributed by atoms with Gasteiger partial charge in [0.15, 0.2) is 0 Å². The molecule has 0 aromatic heterocycles. The van der Waals surface area contributed by atoms with Crippen LogP contribution in [0.4, 0.5) is 0 Å². The van der Waals surface area contributed by atoms with Crippen molar-refractivity contribution in [1.29, 1.82) is 0 Å². The van der Waals surface area contributed by atoms with Crippen molar-refractivity contribution in [1.82, 2.24) is 4.90 Å². The predicted octanol–water partition coefficient (Wildman–Crippen LogP) is 2.32. The molecule has 4 nitrogen and oxygen atoms in total. The molecule has 0 radical (unpaired) electrons. The van der Waals surface area contributed by atoms with Gasteiger partial charge in [0, 0.05) is 12.1 Å². The van der Waals surface area contributed by atoms with Gasteiger partial charge < -0.3 is 14.7 Å². The summed E-state index contributed by atoms with van der Waals surface area (Å²) in [7, 11) is 2.17. The number of piperidine rings is 1. The second-order valence-corrected chi connectivity index (χ2v) is 6.71. The molecule has 1 aromatic rings. The van der Waals surface area contributed by atoms with Crippen molar-refractivity contribution in [2.45, 2.75) is 62.8 Å². The largest absolute Gasteiger partial charge is 0.462 e.